The van der Waals surface area contributed by atoms with Gasteiger partial charge in [-0.15, -0.1) is 4.33 Å². The SMILES string of the molecule is CC(CS(=O)OO)c1nc(Nc2ccc(C=Cc3ccc(Nc4nc(NCCOCCO)nc(NCCS(=O)(=O)O)n4)cc3S(=O)(=O)O)c(S(=O)(=O)O)c2)nc(N(C)CC(O)CO)n1. The largest absolute Gasteiger partial charge is 0.394 e. The molecule has 0 radical (unpaired) electrons. The fraction of sp³-hybridized carbons (Fsp3) is 0.394. The molecule has 352 valence electrons. The van der Waals surface area contributed by atoms with Crippen molar-refractivity contribution in [1.82, 2.24) is 29.9 Å². The third kappa shape index (κ3) is 16.4. The number of rotatable bonds is 26. The smallest absolute Gasteiger partial charge is 0.295 e. The lowest BCUT2D eigenvalue weighted by molar-refractivity contribution is -0.124. The zero-order valence-electron chi connectivity index (χ0n) is 33.7. The highest BCUT2D eigenvalue weighted by Crippen LogP contribution is 2.29. The van der Waals surface area contributed by atoms with Crippen LogP contribution in [-0.4, -0.2) is 164 Å². The van der Waals surface area contributed by atoms with E-state index in [4.69, 9.17) is 19.7 Å². The second-order valence-electron chi connectivity index (χ2n) is 13.3. The van der Waals surface area contributed by atoms with E-state index in [0.717, 1.165) is 24.3 Å². The lowest BCUT2D eigenvalue weighted by atomic mass is 10.1. The molecule has 3 atom stereocenters. The van der Waals surface area contributed by atoms with Gasteiger partial charge in [0.2, 0.25) is 29.7 Å². The highest BCUT2D eigenvalue weighted by molar-refractivity contribution is 7.86. The van der Waals surface area contributed by atoms with E-state index < -0.39 is 75.6 Å². The van der Waals surface area contributed by atoms with Gasteiger partial charge in [0.15, 0.2) is 11.1 Å². The summed E-state index contributed by atoms with van der Waals surface area (Å²) in [7, 11) is -12.8. The van der Waals surface area contributed by atoms with E-state index in [1.807, 2.05) is 0 Å². The summed E-state index contributed by atoms with van der Waals surface area (Å²) >= 11 is -2.13. The molecular formula is C33H45N11O16S4. The number of nitrogens with one attached hydrogen (secondary N) is 4. The van der Waals surface area contributed by atoms with Gasteiger partial charge in [-0.25, -0.2) is 9.47 Å². The third-order valence-electron chi connectivity index (χ3n) is 8.17. The van der Waals surface area contributed by atoms with E-state index in [9.17, 15) is 48.8 Å². The van der Waals surface area contributed by atoms with Crippen LogP contribution < -0.4 is 26.2 Å². The van der Waals surface area contributed by atoms with Crippen molar-refractivity contribution in [3.63, 3.8) is 0 Å². The number of aliphatic hydroxyl groups is 3. The normalized spacial score (nSPS) is 13.6. The predicted molar refractivity (Wildman–Crippen MR) is 230 cm³/mol. The van der Waals surface area contributed by atoms with Crippen LogP contribution in [0.4, 0.5) is 41.1 Å². The van der Waals surface area contributed by atoms with Gasteiger partial charge in [0.1, 0.15) is 15.6 Å². The zero-order valence-corrected chi connectivity index (χ0v) is 37.0. The Morgan fingerprint density at radius 2 is 1.30 bits per heavy atom. The molecule has 0 bridgehead atoms. The van der Waals surface area contributed by atoms with Crippen molar-refractivity contribution in [2.45, 2.75) is 28.7 Å². The fourth-order valence-corrected chi connectivity index (χ4v) is 7.66. The van der Waals surface area contributed by atoms with Gasteiger partial charge in [0, 0.05) is 44.0 Å². The van der Waals surface area contributed by atoms with E-state index in [-0.39, 0.29) is 103 Å². The van der Waals surface area contributed by atoms with Crippen LogP contribution in [0.15, 0.2) is 46.2 Å². The molecule has 0 saturated carbocycles. The van der Waals surface area contributed by atoms with Gasteiger partial charge in [-0.1, -0.05) is 31.2 Å². The first-order valence-electron chi connectivity index (χ1n) is 18.4. The van der Waals surface area contributed by atoms with Gasteiger partial charge in [-0.05, 0) is 35.4 Å². The number of aromatic nitrogens is 6. The Morgan fingerprint density at radius 3 is 1.80 bits per heavy atom. The third-order valence-corrected chi connectivity index (χ3v) is 11.6. The monoisotopic (exact) mass is 979 g/mol. The first kappa shape index (κ1) is 51.5. The molecule has 0 fully saturated rings. The number of hydrogen-bond acceptors (Lipinski definition) is 24. The van der Waals surface area contributed by atoms with E-state index in [1.54, 1.807) is 6.92 Å². The molecule has 0 aliphatic rings. The molecule has 0 spiro atoms. The topological polar surface area (TPSA) is 408 Å². The summed E-state index contributed by atoms with van der Waals surface area (Å²) in [4.78, 5) is 25.3. The maximum atomic E-state index is 12.6. The number of anilines is 7. The number of hydrogen-bond donors (Lipinski definition) is 11. The highest BCUT2D eigenvalue weighted by atomic mass is 32.2. The predicted octanol–water partition coefficient (Wildman–Crippen LogP) is -0.0257. The van der Waals surface area contributed by atoms with Gasteiger partial charge in [-0.2, -0.15) is 55.2 Å². The van der Waals surface area contributed by atoms with Gasteiger partial charge in [0.25, 0.3) is 30.4 Å². The minimum Gasteiger partial charge on any atom is -0.394 e. The quantitative estimate of drug-likeness (QED) is 0.0129. The average molecular weight is 980 g/mol. The Labute approximate surface area is 368 Å². The van der Waals surface area contributed by atoms with Gasteiger partial charge in [-0.3, -0.25) is 13.7 Å². The summed E-state index contributed by atoms with van der Waals surface area (Å²) in [5.41, 5.74) is -0.269. The van der Waals surface area contributed by atoms with Crippen LogP contribution in [0, 0.1) is 0 Å². The molecule has 64 heavy (non-hydrogen) atoms. The molecule has 0 amide bonds. The summed E-state index contributed by atoms with van der Waals surface area (Å²) in [5.74, 6) is -2.22. The molecule has 0 aliphatic heterocycles. The summed E-state index contributed by atoms with van der Waals surface area (Å²) < 4.78 is 123. The lowest BCUT2D eigenvalue weighted by Gasteiger charge is -2.21. The summed E-state index contributed by atoms with van der Waals surface area (Å²) in [6.07, 6.45) is 1.11. The standard InChI is InChI=1S/C33H45N11O16S4/c1-20(19-61(49)60-48)28-38-31(43-33(39-28)44(2)17-25(47)18-46)36-23-7-5-21(26(15-23)63(53,54)55)3-4-22-6-8-24(16-27(22)64(56,57)58)37-32-41-29(34-9-12-59-13-11-45)40-30(42-32)35-10-14-62(50,51)52/h3-8,15-16,20,25,45-48H,9-14,17-19H2,1-2H3,(H,50,51,52)(H,53,54,55)(H,56,57,58)(H,36,38,39,43)(H3,34,35,37,40,41,42). The summed E-state index contributed by atoms with van der Waals surface area (Å²) in [6, 6.07) is 7.21. The average Bonchev–Trinajstić information content (AvgIpc) is 3.21. The second kappa shape index (κ2) is 23.2. The Balaban J connectivity index is 1.66. The molecule has 4 rings (SSSR count). The fourth-order valence-electron chi connectivity index (χ4n) is 5.26. The van der Waals surface area contributed by atoms with Crippen molar-refractivity contribution in [3.8, 4) is 0 Å². The molecule has 31 heteroatoms. The van der Waals surface area contributed by atoms with E-state index in [2.05, 4.69) is 55.5 Å². The highest BCUT2D eigenvalue weighted by Gasteiger charge is 2.22. The van der Waals surface area contributed by atoms with Gasteiger partial charge < -0.3 is 46.2 Å². The molecule has 27 nitrogen and oxygen atoms in total. The molecule has 3 unspecified atom stereocenters. The summed E-state index contributed by atoms with van der Waals surface area (Å²) in [6.45, 7) is 0.717. The van der Waals surface area contributed by atoms with Crippen LogP contribution >= 0.6 is 0 Å². The van der Waals surface area contributed by atoms with E-state index >= 15 is 0 Å². The second-order valence-corrected chi connectivity index (χ2v) is 18.7. The Morgan fingerprint density at radius 1 is 0.766 bits per heavy atom. The Hall–Kier alpha value is -5.16. The maximum Gasteiger partial charge on any atom is 0.295 e. The van der Waals surface area contributed by atoms with Gasteiger partial charge in [0.05, 0.1) is 44.0 Å². The lowest BCUT2D eigenvalue weighted by Crippen LogP contribution is -2.33. The van der Waals surface area contributed by atoms with Crippen molar-refractivity contribution < 1.29 is 72.8 Å². The van der Waals surface area contributed by atoms with E-state index in [1.165, 1.54) is 36.2 Å². The van der Waals surface area contributed by atoms with Crippen molar-refractivity contribution >= 4 is 94.7 Å². The maximum absolute atomic E-state index is 12.6. The number of likely N-dealkylation sites (N-methyl/N-ethyl adjacent to an activating group) is 1. The van der Waals surface area contributed by atoms with Crippen molar-refractivity contribution in [1.29, 1.82) is 0 Å². The van der Waals surface area contributed by atoms with Crippen molar-refractivity contribution in [2.75, 3.05) is 90.8 Å². The molecule has 4 aromatic rings. The molecule has 2 aromatic carbocycles. The minimum atomic E-state index is -4.98. The number of ether oxygens (including phenoxy) is 1. The molecule has 0 saturated heterocycles. The first-order valence-corrected chi connectivity index (χ1v) is 24.1. The van der Waals surface area contributed by atoms with Crippen LogP contribution in [0.1, 0.15) is 29.8 Å². The number of aliphatic hydroxyl groups excluding tert-OH is 3. The van der Waals surface area contributed by atoms with Crippen LogP contribution in [0.5, 0.6) is 0 Å². The minimum absolute atomic E-state index is 0.0101. The number of nitrogens with zero attached hydrogens (tertiary/aromatic N) is 7. The van der Waals surface area contributed by atoms with Crippen molar-refractivity contribution in [3.05, 3.63) is 53.3 Å². The Kier molecular flexibility index (Phi) is 18.6. The Bertz CT molecular complexity index is 2630. The number of benzene rings is 2. The molecule has 0 aliphatic carbocycles. The van der Waals surface area contributed by atoms with Crippen molar-refractivity contribution in [2.24, 2.45) is 0 Å². The molecule has 11 N–H and O–H groups in total. The first-order chi connectivity index (χ1) is 30.1. The van der Waals surface area contributed by atoms with Crippen LogP contribution in [0.25, 0.3) is 12.2 Å². The summed E-state index contributed by atoms with van der Waals surface area (Å²) in [5, 5.41) is 47.9. The molecule has 2 heterocycles. The zero-order chi connectivity index (χ0) is 47.2. The van der Waals surface area contributed by atoms with Crippen LogP contribution in [0.2, 0.25) is 0 Å². The van der Waals surface area contributed by atoms with Gasteiger partial charge >= 0.3 is 0 Å². The van der Waals surface area contributed by atoms with Crippen LogP contribution in [0.3, 0.4) is 0 Å². The van der Waals surface area contributed by atoms with E-state index in [0.29, 0.717) is 0 Å². The van der Waals surface area contributed by atoms with Crippen LogP contribution in [-0.2, 0) is 50.5 Å². The molecular weight excluding hydrogens is 935 g/mol. The molecule has 2 aromatic heterocycles.